The SMILES string of the molecule is CCCCCCCCCCCCCCOc1ccc(CN(Cc2cccc[n+]2CC)C(C)=O)cc1. The molecule has 2 aromatic rings. The van der Waals surface area contributed by atoms with Crippen LogP contribution in [-0.2, 0) is 24.4 Å². The Bertz CT molecular complexity index is 819. The summed E-state index contributed by atoms with van der Waals surface area (Å²) in [5.74, 6) is 1.00. The molecule has 1 aromatic carbocycles. The largest absolute Gasteiger partial charge is 0.494 e. The molecule has 0 aliphatic carbocycles. The molecule has 4 heteroatoms. The molecule has 0 saturated heterocycles. The van der Waals surface area contributed by atoms with E-state index in [9.17, 15) is 4.79 Å². The lowest BCUT2D eigenvalue weighted by atomic mass is 10.1. The van der Waals surface area contributed by atoms with Crippen LogP contribution in [0.2, 0.25) is 0 Å². The summed E-state index contributed by atoms with van der Waals surface area (Å²) >= 11 is 0. The second-order valence-electron chi connectivity index (χ2n) is 9.73. The van der Waals surface area contributed by atoms with Crippen molar-refractivity contribution < 1.29 is 14.1 Å². The van der Waals surface area contributed by atoms with Gasteiger partial charge < -0.3 is 9.64 Å². The van der Waals surface area contributed by atoms with Gasteiger partial charge in [-0.1, -0.05) is 95.8 Å². The minimum absolute atomic E-state index is 0.0869. The Labute approximate surface area is 214 Å². The number of unbranched alkanes of at least 4 members (excludes halogenated alkanes) is 11. The predicted molar refractivity (Wildman–Crippen MR) is 145 cm³/mol. The van der Waals surface area contributed by atoms with Crippen LogP contribution in [0.25, 0.3) is 0 Å². The summed E-state index contributed by atoms with van der Waals surface area (Å²) in [6, 6.07) is 14.4. The Morgan fingerprint density at radius 1 is 0.771 bits per heavy atom. The molecule has 0 radical (unpaired) electrons. The number of hydrogen-bond acceptors (Lipinski definition) is 2. The molecule has 0 atom stereocenters. The number of aromatic nitrogens is 1. The molecule has 0 unspecified atom stereocenters. The predicted octanol–water partition coefficient (Wildman–Crippen LogP) is 7.62. The molecule has 0 saturated carbocycles. The van der Waals surface area contributed by atoms with Gasteiger partial charge in [0.25, 0.3) is 0 Å². The number of ether oxygens (including phenoxy) is 1. The summed E-state index contributed by atoms with van der Waals surface area (Å²) in [4.78, 5) is 14.2. The van der Waals surface area contributed by atoms with E-state index in [0.29, 0.717) is 13.1 Å². The zero-order valence-electron chi connectivity index (χ0n) is 22.6. The Hall–Kier alpha value is -2.36. The number of carbonyl (C=O) groups is 1. The summed E-state index contributed by atoms with van der Waals surface area (Å²) < 4.78 is 8.13. The molecule has 2 rings (SSSR count). The van der Waals surface area contributed by atoms with Crippen molar-refractivity contribution in [2.75, 3.05) is 6.61 Å². The Balaban J connectivity index is 1.61. The standard InChI is InChI=1S/C31H49N2O2/c1-4-6-7-8-9-10-11-12-13-14-15-18-25-35-31-22-20-29(21-23-31)26-33(28(3)34)27-30-19-16-17-24-32(30)5-2/h16-17,19-24H,4-15,18,25-27H2,1-3H3/q+1. The number of pyridine rings is 1. The third-order valence-corrected chi connectivity index (χ3v) is 6.74. The molecule has 0 aliphatic heterocycles. The zero-order valence-corrected chi connectivity index (χ0v) is 22.6. The molecule has 0 fully saturated rings. The maximum Gasteiger partial charge on any atom is 0.220 e. The molecule has 1 heterocycles. The lowest BCUT2D eigenvalue weighted by Crippen LogP contribution is -2.40. The average Bonchev–Trinajstić information content (AvgIpc) is 2.87. The number of carbonyl (C=O) groups excluding carboxylic acids is 1. The third kappa shape index (κ3) is 12.2. The highest BCUT2D eigenvalue weighted by atomic mass is 16.5. The van der Waals surface area contributed by atoms with Crippen molar-refractivity contribution in [3.05, 3.63) is 59.9 Å². The fourth-order valence-electron chi connectivity index (χ4n) is 4.48. The van der Waals surface area contributed by atoms with Crippen LogP contribution in [0.15, 0.2) is 48.7 Å². The molecule has 35 heavy (non-hydrogen) atoms. The Morgan fingerprint density at radius 2 is 1.37 bits per heavy atom. The topological polar surface area (TPSA) is 33.4 Å². The van der Waals surface area contributed by atoms with Gasteiger partial charge in [0.15, 0.2) is 6.20 Å². The summed E-state index contributed by atoms with van der Waals surface area (Å²) in [5, 5.41) is 0. The number of rotatable bonds is 19. The summed E-state index contributed by atoms with van der Waals surface area (Å²) in [6.45, 7) is 8.94. The van der Waals surface area contributed by atoms with Crippen LogP contribution < -0.4 is 9.30 Å². The fourth-order valence-corrected chi connectivity index (χ4v) is 4.48. The minimum atomic E-state index is 0.0869. The van der Waals surface area contributed by atoms with E-state index in [1.807, 2.05) is 29.2 Å². The highest BCUT2D eigenvalue weighted by Crippen LogP contribution is 2.16. The highest BCUT2D eigenvalue weighted by Gasteiger charge is 2.16. The van der Waals surface area contributed by atoms with E-state index in [0.717, 1.165) is 36.6 Å². The lowest BCUT2D eigenvalue weighted by Gasteiger charge is -2.20. The summed E-state index contributed by atoms with van der Waals surface area (Å²) in [6.07, 6.45) is 18.3. The van der Waals surface area contributed by atoms with E-state index >= 15 is 0 Å². The second kappa shape index (κ2) is 18.0. The first-order chi connectivity index (χ1) is 17.1. The molecular weight excluding hydrogens is 432 g/mol. The van der Waals surface area contributed by atoms with Crippen molar-refractivity contribution >= 4 is 5.91 Å². The lowest BCUT2D eigenvalue weighted by molar-refractivity contribution is -0.701. The molecule has 1 amide bonds. The van der Waals surface area contributed by atoms with Crippen LogP contribution >= 0.6 is 0 Å². The van der Waals surface area contributed by atoms with Crippen LogP contribution in [0.4, 0.5) is 0 Å². The van der Waals surface area contributed by atoms with Gasteiger partial charge in [-0.25, -0.2) is 4.57 Å². The van der Waals surface area contributed by atoms with E-state index in [-0.39, 0.29) is 5.91 Å². The van der Waals surface area contributed by atoms with Crippen LogP contribution in [0.3, 0.4) is 0 Å². The molecular formula is C31H49N2O2+. The average molecular weight is 482 g/mol. The molecule has 1 aromatic heterocycles. The highest BCUT2D eigenvalue weighted by molar-refractivity contribution is 5.73. The van der Waals surface area contributed by atoms with Crippen LogP contribution in [-0.4, -0.2) is 17.4 Å². The van der Waals surface area contributed by atoms with Crippen molar-refractivity contribution in [3.63, 3.8) is 0 Å². The number of benzene rings is 1. The van der Waals surface area contributed by atoms with Gasteiger partial charge in [-0.15, -0.1) is 0 Å². The maximum atomic E-state index is 12.3. The van der Waals surface area contributed by atoms with Gasteiger partial charge in [0.05, 0.1) is 6.61 Å². The van der Waals surface area contributed by atoms with Gasteiger partial charge in [-0.3, -0.25) is 4.79 Å². The van der Waals surface area contributed by atoms with Crippen molar-refractivity contribution in [2.24, 2.45) is 0 Å². The Morgan fingerprint density at radius 3 is 1.94 bits per heavy atom. The molecule has 0 aliphatic rings. The third-order valence-electron chi connectivity index (χ3n) is 6.74. The van der Waals surface area contributed by atoms with Crippen LogP contribution in [0.5, 0.6) is 5.75 Å². The number of aryl methyl sites for hydroxylation is 1. The van der Waals surface area contributed by atoms with Crippen LogP contribution in [0, 0.1) is 0 Å². The first-order valence-electron chi connectivity index (χ1n) is 14.1. The van der Waals surface area contributed by atoms with Crippen molar-refractivity contribution in [2.45, 2.75) is 117 Å². The van der Waals surface area contributed by atoms with Gasteiger partial charge in [-0.05, 0) is 31.0 Å². The van der Waals surface area contributed by atoms with E-state index < -0.39 is 0 Å². The number of hydrogen-bond donors (Lipinski definition) is 0. The molecule has 194 valence electrons. The van der Waals surface area contributed by atoms with E-state index in [4.69, 9.17) is 4.74 Å². The first kappa shape index (κ1) is 28.9. The quantitative estimate of drug-likeness (QED) is 0.153. The second-order valence-corrected chi connectivity index (χ2v) is 9.73. The number of nitrogens with zero attached hydrogens (tertiary/aromatic N) is 2. The smallest absolute Gasteiger partial charge is 0.220 e. The molecule has 4 nitrogen and oxygen atoms in total. The zero-order chi connectivity index (χ0) is 25.1. The molecule has 0 bridgehead atoms. The van der Waals surface area contributed by atoms with Gasteiger partial charge in [0.2, 0.25) is 11.6 Å². The summed E-state index contributed by atoms with van der Waals surface area (Å²) in [7, 11) is 0. The van der Waals surface area contributed by atoms with E-state index in [2.05, 4.69) is 42.8 Å². The normalized spacial score (nSPS) is 10.9. The van der Waals surface area contributed by atoms with E-state index in [1.54, 1.807) is 6.92 Å². The van der Waals surface area contributed by atoms with Gasteiger partial charge in [0, 0.05) is 25.6 Å². The van der Waals surface area contributed by atoms with Gasteiger partial charge in [-0.2, -0.15) is 0 Å². The molecule has 0 N–H and O–H groups in total. The Kier molecular flexibility index (Phi) is 14.8. The fraction of sp³-hybridized carbons (Fsp3) is 0.613. The van der Waals surface area contributed by atoms with Crippen LogP contribution in [0.1, 0.15) is 109 Å². The minimum Gasteiger partial charge on any atom is -0.494 e. The van der Waals surface area contributed by atoms with E-state index in [1.165, 1.54) is 70.6 Å². The van der Waals surface area contributed by atoms with Crippen molar-refractivity contribution in [1.29, 1.82) is 0 Å². The van der Waals surface area contributed by atoms with Crippen molar-refractivity contribution in [1.82, 2.24) is 4.90 Å². The van der Waals surface area contributed by atoms with Crippen molar-refractivity contribution in [3.8, 4) is 5.75 Å². The monoisotopic (exact) mass is 481 g/mol. The number of amides is 1. The first-order valence-corrected chi connectivity index (χ1v) is 14.1. The van der Waals surface area contributed by atoms with Gasteiger partial charge >= 0.3 is 0 Å². The molecule has 0 spiro atoms. The van der Waals surface area contributed by atoms with Gasteiger partial charge in [0.1, 0.15) is 18.8 Å². The summed E-state index contributed by atoms with van der Waals surface area (Å²) in [5.41, 5.74) is 2.27. The maximum absolute atomic E-state index is 12.3.